The SMILES string of the molecule is CNC(=O)C1CC2CCN1CC2. The molecular formula is C9H16N2O. The first-order valence-corrected chi connectivity index (χ1v) is 4.77. The fourth-order valence-electron chi connectivity index (χ4n) is 2.40. The zero-order valence-electron chi connectivity index (χ0n) is 7.55. The Labute approximate surface area is 73.1 Å². The van der Waals surface area contributed by atoms with Crippen LogP contribution in [-0.4, -0.2) is 37.0 Å². The molecule has 1 amide bonds. The number of likely N-dealkylation sites (N-methyl/N-ethyl adjacent to an activating group) is 1. The Morgan fingerprint density at radius 3 is 2.50 bits per heavy atom. The second-order valence-electron chi connectivity index (χ2n) is 3.85. The first-order valence-electron chi connectivity index (χ1n) is 4.77. The molecule has 0 aromatic heterocycles. The van der Waals surface area contributed by atoms with Gasteiger partial charge in [-0.25, -0.2) is 0 Å². The van der Waals surface area contributed by atoms with Crippen molar-refractivity contribution in [3.05, 3.63) is 0 Å². The van der Waals surface area contributed by atoms with E-state index in [-0.39, 0.29) is 11.9 Å². The van der Waals surface area contributed by atoms with Gasteiger partial charge in [0.15, 0.2) is 0 Å². The highest BCUT2D eigenvalue weighted by Crippen LogP contribution is 2.31. The Kier molecular flexibility index (Phi) is 2.05. The van der Waals surface area contributed by atoms with Gasteiger partial charge >= 0.3 is 0 Å². The number of hydrogen-bond acceptors (Lipinski definition) is 2. The third-order valence-electron chi connectivity index (χ3n) is 3.20. The summed E-state index contributed by atoms with van der Waals surface area (Å²) in [5.74, 6) is 1.02. The van der Waals surface area contributed by atoms with Gasteiger partial charge in [-0.05, 0) is 38.3 Å². The number of piperidine rings is 3. The second kappa shape index (κ2) is 3.05. The molecule has 3 aliphatic rings. The summed E-state index contributed by atoms with van der Waals surface area (Å²) in [5.41, 5.74) is 0. The first-order chi connectivity index (χ1) is 5.81. The van der Waals surface area contributed by atoms with E-state index < -0.39 is 0 Å². The van der Waals surface area contributed by atoms with Crippen LogP contribution in [-0.2, 0) is 4.79 Å². The van der Waals surface area contributed by atoms with Crippen molar-refractivity contribution in [2.75, 3.05) is 20.1 Å². The molecule has 1 N–H and O–H groups in total. The fraction of sp³-hybridized carbons (Fsp3) is 0.889. The molecule has 3 heterocycles. The van der Waals surface area contributed by atoms with Crippen LogP contribution in [0.3, 0.4) is 0 Å². The zero-order chi connectivity index (χ0) is 8.55. The van der Waals surface area contributed by atoms with Crippen molar-refractivity contribution >= 4 is 5.91 Å². The van der Waals surface area contributed by atoms with Gasteiger partial charge in [0.2, 0.25) is 5.91 Å². The van der Waals surface area contributed by atoms with Gasteiger partial charge in [0.1, 0.15) is 0 Å². The minimum atomic E-state index is 0.183. The summed E-state index contributed by atoms with van der Waals surface area (Å²) in [6.07, 6.45) is 3.68. The fourth-order valence-corrected chi connectivity index (χ4v) is 2.40. The molecule has 0 aromatic rings. The maximum Gasteiger partial charge on any atom is 0.237 e. The zero-order valence-corrected chi connectivity index (χ0v) is 7.55. The van der Waals surface area contributed by atoms with Crippen LogP contribution < -0.4 is 5.32 Å². The van der Waals surface area contributed by atoms with Gasteiger partial charge in [-0.2, -0.15) is 0 Å². The van der Waals surface area contributed by atoms with Crippen molar-refractivity contribution in [1.29, 1.82) is 0 Å². The molecule has 0 radical (unpaired) electrons. The van der Waals surface area contributed by atoms with Crippen molar-refractivity contribution in [2.45, 2.75) is 25.3 Å². The van der Waals surface area contributed by atoms with Gasteiger partial charge in [-0.15, -0.1) is 0 Å². The Morgan fingerprint density at radius 1 is 1.42 bits per heavy atom. The summed E-state index contributed by atoms with van der Waals surface area (Å²) in [6.45, 7) is 2.26. The van der Waals surface area contributed by atoms with E-state index in [1.807, 2.05) is 0 Å². The quantitative estimate of drug-likeness (QED) is 0.607. The summed E-state index contributed by atoms with van der Waals surface area (Å²) < 4.78 is 0. The van der Waals surface area contributed by atoms with E-state index in [1.165, 1.54) is 12.8 Å². The van der Waals surface area contributed by atoms with Crippen LogP contribution >= 0.6 is 0 Å². The van der Waals surface area contributed by atoms with Crippen LogP contribution in [0.5, 0.6) is 0 Å². The van der Waals surface area contributed by atoms with Gasteiger partial charge < -0.3 is 5.32 Å². The number of nitrogens with zero attached hydrogens (tertiary/aromatic N) is 1. The summed E-state index contributed by atoms with van der Waals surface area (Å²) in [5, 5.41) is 2.74. The van der Waals surface area contributed by atoms with Crippen molar-refractivity contribution in [3.8, 4) is 0 Å². The van der Waals surface area contributed by atoms with E-state index in [0.717, 1.165) is 25.4 Å². The summed E-state index contributed by atoms with van der Waals surface area (Å²) in [7, 11) is 1.73. The van der Waals surface area contributed by atoms with Crippen LogP contribution in [0.15, 0.2) is 0 Å². The van der Waals surface area contributed by atoms with Crippen LogP contribution in [0.25, 0.3) is 0 Å². The van der Waals surface area contributed by atoms with Crippen LogP contribution in [0.4, 0.5) is 0 Å². The van der Waals surface area contributed by atoms with E-state index in [2.05, 4.69) is 10.2 Å². The molecule has 2 bridgehead atoms. The Morgan fingerprint density at radius 2 is 2.08 bits per heavy atom. The highest BCUT2D eigenvalue weighted by Gasteiger charge is 2.36. The lowest BCUT2D eigenvalue weighted by Gasteiger charge is -2.44. The summed E-state index contributed by atoms with van der Waals surface area (Å²) >= 11 is 0. The number of fused-ring (bicyclic) bond motifs is 3. The van der Waals surface area contributed by atoms with E-state index in [9.17, 15) is 4.79 Å². The third kappa shape index (κ3) is 1.22. The lowest BCUT2D eigenvalue weighted by atomic mass is 9.83. The maximum absolute atomic E-state index is 11.4. The van der Waals surface area contributed by atoms with Gasteiger partial charge in [-0.1, -0.05) is 0 Å². The van der Waals surface area contributed by atoms with Gasteiger partial charge in [-0.3, -0.25) is 9.69 Å². The highest BCUT2D eigenvalue weighted by molar-refractivity contribution is 5.81. The number of amides is 1. The average Bonchev–Trinajstić information content (AvgIpc) is 2.18. The standard InChI is InChI=1S/C9H16N2O/c1-10-9(12)8-6-7-2-4-11(8)5-3-7/h7-8H,2-6H2,1H3,(H,10,12). The van der Waals surface area contributed by atoms with E-state index in [0.29, 0.717) is 0 Å². The molecule has 0 aromatic carbocycles. The Balaban J connectivity index is 2.03. The molecule has 3 nitrogen and oxygen atoms in total. The molecule has 3 rings (SSSR count). The number of carbonyl (C=O) groups excluding carboxylic acids is 1. The maximum atomic E-state index is 11.4. The number of carbonyl (C=O) groups is 1. The predicted octanol–water partition coefficient (Wildman–Crippen LogP) is 0.217. The van der Waals surface area contributed by atoms with Crippen LogP contribution in [0.1, 0.15) is 19.3 Å². The first kappa shape index (κ1) is 8.05. The molecule has 3 saturated heterocycles. The lowest BCUT2D eigenvalue weighted by molar-refractivity contribution is -0.130. The van der Waals surface area contributed by atoms with Crippen LogP contribution in [0.2, 0.25) is 0 Å². The molecular weight excluding hydrogens is 152 g/mol. The molecule has 0 saturated carbocycles. The molecule has 0 spiro atoms. The monoisotopic (exact) mass is 168 g/mol. The predicted molar refractivity (Wildman–Crippen MR) is 46.8 cm³/mol. The summed E-state index contributed by atoms with van der Waals surface area (Å²) in [4.78, 5) is 13.7. The third-order valence-corrected chi connectivity index (χ3v) is 3.20. The average molecular weight is 168 g/mol. The smallest absolute Gasteiger partial charge is 0.237 e. The minimum absolute atomic E-state index is 0.183. The van der Waals surface area contributed by atoms with E-state index in [4.69, 9.17) is 0 Å². The number of hydrogen-bond donors (Lipinski definition) is 1. The molecule has 68 valence electrons. The van der Waals surface area contributed by atoms with E-state index in [1.54, 1.807) is 7.05 Å². The minimum Gasteiger partial charge on any atom is -0.358 e. The van der Waals surface area contributed by atoms with Crippen molar-refractivity contribution in [3.63, 3.8) is 0 Å². The van der Waals surface area contributed by atoms with Crippen LogP contribution in [0, 0.1) is 5.92 Å². The molecule has 3 heteroatoms. The Bertz CT molecular complexity index is 185. The molecule has 1 atom stereocenters. The topological polar surface area (TPSA) is 32.3 Å². The van der Waals surface area contributed by atoms with Crippen molar-refractivity contribution in [2.24, 2.45) is 5.92 Å². The molecule has 3 aliphatic heterocycles. The van der Waals surface area contributed by atoms with Crippen molar-refractivity contribution < 1.29 is 4.79 Å². The number of rotatable bonds is 1. The van der Waals surface area contributed by atoms with Gasteiger partial charge in [0.25, 0.3) is 0 Å². The lowest BCUT2D eigenvalue weighted by Crippen LogP contribution is -2.54. The highest BCUT2D eigenvalue weighted by atomic mass is 16.2. The normalized spacial score (nSPS) is 39.6. The van der Waals surface area contributed by atoms with E-state index >= 15 is 0 Å². The van der Waals surface area contributed by atoms with Crippen molar-refractivity contribution in [1.82, 2.24) is 10.2 Å². The summed E-state index contributed by atoms with van der Waals surface area (Å²) in [6, 6.07) is 0.183. The second-order valence-corrected chi connectivity index (χ2v) is 3.85. The Hall–Kier alpha value is -0.570. The molecule has 1 unspecified atom stereocenters. The molecule has 3 fully saturated rings. The molecule has 0 aliphatic carbocycles. The largest absolute Gasteiger partial charge is 0.358 e. The van der Waals surface area contributed by atoms with Gasteiger partial charge in [0.05, 0.1) is 6.04 Å². The number of nitrogens with one attached hydrogen (secondary N) is 1. The van der Waals surface area contributed by atoms with Gasteiger partial charge in [0, 0.05) is 7.05 Å². The molecule has 12 heavy (non-hydrogen) atoms.